The zero-order valence-corrected chi connectivity index (χ0v) is 13.2. The van der Waals surface area contributed by atoms with Crippen molar-refractivity contribution >= 4 is 11.5 Å². The highest BCUT2D eigenvalue weighted by molar-refractivity contribution is 5.75. The summed E-state index contributed by atoms with van der Waals surface area (Å²) in [5.41, 5.74) is 2.43. The number of carbonyl (C=O) groups excluding carboxylic acids is 1. The fourth-order valence-corrected chi connectivity index (χ4v) is 3.16. The van der Waals surface area contributed by atoms with E-state index in [0.29, 0.717) is 6.61 Å². The summed E-state index contributed by atoms with van der Waals surface area (Å²) in [6.07, 6.45) is 12.1. The van der Waals surface area contributed by atoms with Gasteiger partial charge in [-0.25, -0.2) is 4.68 Å². The Morgan fingerprint density at radius 1 is 1.45 bits per heavy atom. The first-order valence-electron chi connectivity index (χ1n) is 8.29. The predicted molar refractivity (Wildman–Crippen MR) is 83.0 cm³/mol. The highest BCUT2D eigenvalue weighted by Crippen LogP contribution is 2.31. The lowest BCUT2D eigenvalue weighted by molar-refractivity contribution is -0.148. The lowest BCUT2D eigenvalue weighted by Gasteiger charge is -2.22. The van der Waals surface area contributed by atoms with E-state index in [1.54, 1.807) is 0 Å². The van der Waals surface area contributed by atoms with Crippen molar-refractivity contribution in [2.75, 3.05) is 13.2 Å². The van der Waals surface area contributed by atoms with Crippen molar-refractivity contribution in [3.8, 4) is 0 Å². The van der Waals surface area contributed by atoms with E-state index in [-0.39, 0.29) is 18.1 Å². The summed E-state index contributed by atoms with van der Waals surface area (Å²) in [6, 6.07) is 0. The molecule has 2 unspecified atom stereocenters. The molecule has 5 nitrogen and oxygen atoms in total. The fourth-order valence-electron chi connectivity index (χ4n) is 3.16. The number of esters is 1. The summed E-state index contributed by atoms with van der Waals surface area (Å²) in [7, 11) is 0. The summed E-state index contributed by atoms with van der Waals surface area (Å²) in [4.78, 5) is 11.8. The molecule has 22 heavy (non-hydrogen) atoms. The Bertz CT molecular complexity index is 544. The monoisotopic (exact) mass is 304 g/mol. The molecule has 1 saturated heterocycles. The Balaban J connectivity index is 1.63. The molecule has 0 amide bonds. The van der Waals surface area contributed by atoms with Crippen molar-refractivity contribution in [1.82, 2.24) is 9.78 Å². The Kier molecular flexibility index (Phi) is 4.93. The van der Waals surface area contributed by atoms with Gasteiger partial charge in [0.2, 0.25) is 0 Å². The molecule has 0 aromatic carbocycles. The van der Waals surface area contributed by atoms with Gasteiger partial charge in [0, 0.05) is 18.4 Å². The van der Waals surface area contributed by atoms with Crippen molar-refractivity contribution in [2.24, 2.45) is 5.92 Å². The van der Waals surface area contributed by atoms with E-state index in [1.807, 2.05) is 17.8 Å². The van der Waals surface area contributed by atoms with Gasteiger partial charge >= 0.3 is 5.97 Å². The molecular weight excluding hydrogens is 280 g/mol. The first kappa shape index (κ1) is 15.3. The molecule has 5 heteroatoms. The molecule has 120 valence electrons. The predicted octanol–water partition coefficient (Wildman–Crippen LogP) is 3.33. The van der Waals surface area contributed by atoms with Crippen LogP contribution in [0.4, 0.5) is 0 Å². The van der Waals surface area contributed by atoms with E-state index < -0.39 is 0 Å². The van der Waals surface area contributed by atoms with Crippen LogP contribution in [0.15, 0.2) is 18.5 Å². The molecule has 2 heterocycles. The second-order valence-corrected chi connectivity index (χ2v) is 5.98. The van der Waals surface area contributed by atoms with Crippen LogP contribution in [-0.2, 0) is 14.3 Å². The Labute approximate surface area is 131 Å². The van der Waals surface area contributed by atoms with Crippen molar-refractivity contribution in [2.45, 2.75) is 51.7 Å². The zero-order valence-electron chi connectivity index (χ0n) is 13.2. The van der Waals surface area contributed by atoms with Gasteiger partial charge in [-0.05, 0) is 51.0 Å². The highest BCUT2D eigenvalue weighted by Gasteiger charge is 2.24. The Hall–Kier alpha value is -1.62. The third-order valence-electron chi connectivity index (χ3n) is 4.45. The van der Waals surface area contributed by atoms with Crippen LogP contribution in [0.2, 0.25) is 0 Å². The average Bonchev–Trinajstić information content (AvgIpc) is 3.06. The standard InChI is InChI=1S/C17H24N2O3/c1-2-21-17(20)14-8-6-13(7-9-14)15-11-18-19(12-15)16-5-3-4-10-22-16/h6,11-12,14,16H,2-5,7-10H2,1H3. The molecule has 0 radical (unpaired) electrons. The van der Waals surface area contributed by atoms with Gasteiger partial charge in [0.1, 0.15) is 6.23 Å². The normalized spacial score (nSPS) is 25.6. The largest absolute Gasteiger partial charge is 0.466 e. The van der Waals surface area contributed by atoms with E-state index in [1.165, 1.54) is 12.0 Å². The topological polar surface area (TPSA) is 53.3 Å². The molecule has 1 fully saturated rings. The van der Waals surface area contributed by atoms with Crippen LogP contribution in [0.1, 0.15) is 57.2 Å². The summed E-state index contributed by atoms with van der Waals surface area (Å²) in [5.74, 6) is -0.0514. The molecule has 0 spiro atoms. The van der Waals surface area contributed by atoms with Crippen LogP contribution in [-0.4, -0.2) is 29.0 Å². The quantitative estimate of drug-likeness (QED) is 0.801. The molecule has 0 bridgehead atoms. The van der Waals surface area contributed by atoms with Gasteiger partial charge in [0.25, 0.3) is 0 Å². The minimum absolute atomic E-state index is 0.0143. The minimum Gasteiger partial charge on any atom is -0.466 e. The zero-order chi connectivity index (χ0) is 15.4. The maximum atomic E-state index is 11.8. The number of hydrogen-bond acceptors (Lipinski definition) is 4. The van der Waals surface area contributed by atoms with Gasteiger partial charge in [0.05, 0.1) is 18.7 Å². The lowest BCUT2D eigenvalue weighted by Crippen LogP contribution is -2.19. The maximum absolute atomic E-state index is 11.8. The molecule has 1 aliphatic carbocycles. The van der Waals surface area contributed by atoms with Crippen LogP contribution in [0.25, 0.3) is 5.57 Å². The molecule has 2 atom stereocenters. The highest BCUT2D eigenvalue weighted by atomic mass is 16.5. The molecule has 0 N–H and O–H groups in total. The minimum atomic E-state index is -0.0656. The number of aromatic nitrogens is 2. The van der Waals surface area contributed by atoms with Gasteiger partial charge in [-0.3, -0.25) is 4.79 Å². The third-order valence-corrected chi connectivity index (χ3v) is 4.45. The summed E-state index contributed by atoms with van der Waals surface area (Å²) in [6.45, 7) is 3.13. The molecule has 1 aromatic rings. The molecular formula is C17H24N2O3. The second kappa shape index (κ2) is 7.09. The van der Waals surface area contributed by atoms with Gasteiger partial charge in [-0.2, -0.15) is 5.10 Å². The number of carbonyl (C=O) groups is 1. The molecule has 0 saturated carbocycles. The van der Waals surface area contributed by atoms with Crippen LogP contribution in [0.3, 0.4) is 0 Å². The third kappa shape index (κ3) is 3.40. The van der Waals surface area contributed by atoms with Crippen LogP contribution >= 0.6 is 0 Å². The van der Waals surface area contributed by atoms with Crippen LogP contribution in [0.5, 0.6) is 0 Å². The molecule has 2 aliphatic rings. The smallest absolute Gasteiger partial charge is 0.309 e. The first-order valence-corrected chi connectivity index (χ1v) is 8.29. The van der Waals surface area contributed by atoms with Gasteiger partial charge in [-0.1, -0.05) is 6.08 Å². The van der Waals surface area contributed by atoms with E-state index in [9.17, 15) is 4.79 Å². The maximum Gasteiger partial charge on any atom is 0.309 e. The van der Waals surface area contributed by atoms with Crippen molar-refractivity contribution in [1.29, 1.82) is 0 Å². The van der Waals surface area contributed by atoms with Gasteiger partial charge in [0.15, 0.2) is 0 Å². The molecule has 3 rings (SSSR count). The van der Waals surface area contributed by atoms with E-state index in [0.717, 1.165) is 44.3 Å². The summed E-state index contributed by atoms with van der Waals surface area (Å²) >= 11 is 0. The van der Waals surface area contributed by atoms with E-state index in [4.69, 9.17) is 9.47 Å². The Morgan fingerprint density at radius 2 is 2.36 bits per heavy atom. The fraction of sp³-hybridized carbons (Fsp3) is 0.647. The SMILES string of the molecule is CCOC(=O)C1CC=C(c2cnn(C3CCCCO3)c2)CC1. The van der Waals surface area contributed by atoms with Gasteiger partial charge < -0.3 is 9.47 Å². The number of nitrogens with zero attached hydrogens (tertiary/aromatic N) is 2. The van der Waals surface area contributed by atoms with E-state index >= 15 is 0 Å². The summed E-state index contributed by atoms with van der Waals surface area (Å²) < 4.78 is 12.8. The summed E-state index contributed by atoms with van der Waals surface area (Å²) in [5, 5.41) is 4.46. The molecule has 1 aromatic heterocycles. The number of allylic oxidation sites excluding steroid dienone is 2. The van der Waals surface area contributed by atoms with Crippen molar-refractivity contribution in [3.63, 3.8) is 0 Å². The number of hydrogen-bond donors (Lipinski definition) is 0. The lowest BCUT2D eigenvalue weighted by atomic mass is 9.87. The van der Waals surface area contributed by atoms with Gasteiger partial charge in [-0.15, -0.1) is 0 Å². The van der Waals surface area contributed by atoms with Crippen molar-refractivity contribution < 1.29 is 14.3 Å². The average molecular weight is 304 g/mol. The molecule has 1 aliphatic heterocycles. The van der Waals surface area contributed by atoms with Crippen LogP contribution in [0, 0.1) is 5.92 Å². The van der Waals surface area contributed by atoms with E-state index in [2.05, 4.69) is 17.4 Å². The van der Waals surface area contributed by atoms with Crippen molar-refractivity contribution in [3.05, 3.63) is 24.0 Å². The second-order valence-electron chi connectivity index (χ2n) is 5.98. The Morgan fingerprint density at radius 3 is 3.05 bits per heavy atom. The van der Waals surface area contributed by atoms with Crippen LogP contribution < -0.4 is 0 Å². The first-order chi connectivity index (χ1) is 10.8. The number of rotatable bonds is 4. The number of ether oxygens (including phenoxy) is 2.